The van der Waals surface area contributed by atoms with Crippen molar-refractivity contribution >= 4 is 5.91 Å². The lowest BCUT2D eigenvalue weighted by molar-refractivity contribution is -0.122. The lowest BCUT2D eigenvalue weighted by atomic mass is 10.0. The number of amides is 1. The highest BCUT2D eigenvalue weighted by Crippen LogP contribution is 2.14. The Hall–Kier alpha value is -1.31. The molecule has 0 unspecified atom stereocenters. The van der Waals surface area contributed by atoms with Gasteiger partial charge in [-0.25, -0.2) is 0 Å². The molecule has 0 aliphatic rings. The van der Waals surface area contributed by atoms with E-state index in [9.17, 15) is 4.79 Å². The molecule has 0 fully saturated rings. The van der Waals surface area contributed by atoms with Crippen molar-refractivity contribution in [2.24, 2.45) is 0 Å². The maximum atomic E-state index is 11.6. The summed E-state index contributed by atoms with van der Waals surface area (Å²) in [4.78, 5) is 11.6. The van der Waals surface area contributed by atoms with Crippen molar-refractivity contribution in [3.63, 3.8) is 0 Å². The van der Waals surface area contributed by atoms with Gasteiger partial charge in [-0.1, -0.05) is 30.3 Å². The monoisotopic (exact) mass is 191 g/mol. The van der Waals surface area contributed by atoms with Crippen molar-refractivity contribution in [1.82, 2.24) is 5.32 Å². The smallest absolute Gasteiger partial charge is 0.227 e. The van der Waals surface area contributed by atoms with Crippen LogP contribution in [0.3, 0.4) is 0 Å². The van der Waals surface area contributed by atoms with Gasteiger partial charge in [-0.05, 0) is 26.3 Å². The molecule has 0 saturated heterocycles. The van der Waals surface area contributed by atoms with E-state index in [2.05, 4.69) is 5.32 Å². The number of carbonyl (C=O) groups is 1. The van der Waals surface area contributed by atoms with Gasteiger partial charge in [0.1, 0.15) is 0 Å². The van der Waals surface area contributed by atoms with Crippen LogP contribution in [-0.4, -0.2) is 11.9 Å². The third kappa shape index (κ3) is 2.87. The summed E-state index contributed by atoms with van der Waals surface area (Å²) in [5, 5.41) is 2.90. The van der Waals surface area contributed by atoms with Crippen molar-refractivity contribution in [2.45, 2.75) is 32.7 Å². The first kappa shape index (κ1) is 10.8. The summed E-state index contributed by atoms with van der Waals surface area (Å²) in [6.45, 7) is 5.86. The van der Waals surface area contributed by atoms with Crippen LogP contribution in [0.25, 0.3) is 0 Å². The average Bonchev–Trinajstić information content (AvgIpc) is 2.17. The van der Waals surface area contributed by atoms with Gasteiger partial charge in [0.05, 0.1) is 5.92 Å². The summed E-state index contributed by atoms with van der Waals surface area (Å²) in [5.41, 5.74) is 1.06. The Kier molecular flexibility index (Phi) is 3.69. The van der Waals surface area contributed by atoms with E-state index in [0.717, 1.165) is 5.56 Å². The van der Waals surface area contributed by atoms with E-state index in [-0.39, 0.29) is 17.9 Å². The average molecular weight is 191 g/mol. The summed E-state index contributed by atoms with van der Waals surface area (Å²) >= 11 is 0. The molecule has 0 bridgehead atoms. The SMILES string of the molecule is CC(C)NC(=O)[C@H](C)c1ccccc1. The molecular formula is C12H17NO. The van der Waals surface area contributed by atoms with Crippen LogP contribution in [0.4, 0.5) is 0 Å². The Morgan fingerprint density at radius 1 is 1.14 bits per heavy atom. The van der Waals surface area contributed by atoms with E-state index in [1.165, 1.54) is 0 Å². The zero-order valence-corrected chi connectivity index (χ0v) is 8.95. The highest BCUT2D eigenvalue weighted by atomic mass is 16.1. The number of carbonyl (C=O) groups excluding carboxylic acids is 1. The van der Waals surface area contributed by atoms with Crippen LogP contribution in [0.2, 0.25) is 0 Å². The molecular weight excluding hydrogens is 174 g/mol. The molecule has 0 aliphatic heterocycles. The molecule has 1 N–H and O–H groups in total. The van der Waals surface area contributed by atoms with Crippen LogP contribution >= 0.6 is 0 Å². The minimum absolute atomic E-state index is 0.0707. The lowest BCUT2D eigenvalue weighted by Gasteiger charge is -2.14. The molecule has 1 aromatic rings. The fraction of sp³-hybridized carbons (Fsp3) is 0.417. The summed E-state index contributed by atoms with van der Waals surface area (Å²) in [5.74, 6) is 0.0183. The van der Waals surface area contributed by atoms with Gasteiger partial charge in [-0.2, -0.15) is 0 Å². The van der Waals surface area contributed by atoms with Gasteiger partial charge in [0.15, 0.2) is 0 Å². The maximum Gasteiger partial charge on any atom is 0.227 e. The first-order valence-corrected chi connectivity index (χ1v) is 4.96. The highest BCUT2D eigenvalue weighted by molar-refractivity contribution is 5.83. The van der Waals surface area contributed by atoms with Gasteiger partial charge < -0.3 is 5.32 Å². The van der Waals surface area contributed by atoms with Gasteiger partial charge >= 0.3 is 0 Å². The first-order valence-electron chi connectivity index (χ1n) is 4.96. The molecule has 0 aliphatic carbocycles. The van der Waals surface area contributed by atoms with Crippen molar-refractivity contribution in [2.75, 3.05) is 0 Å². The highest BCUT2D eigenvalue weighted by Gasteiger charge is 2.14. The third-order valence-corrected chi connectivity index (χ3v) is 2.12. The number of hydrogen-bond acceptors (Lipinski definition) is 1. The van der Waals surface area contributed by atoms with Crippen molar-refractivity contribution in [3.8, 4) is 0 Å². The molecule has 2 heteroatoms. The second-order valence-corrected chi connectivity index (χ2v) is 3.80. The van der Waals surface area contributed by atoms with E-state index in [1.807, 2.05) is 51.1 Å². The van der Waals surface area contributed by atoms with E-state index in [0.29, 0.717) is 0 Å². The van der Waals surface area contributed by atoms with Crippen molar-refractivity contribution in [3.05, 3.63) is 35.9 Å². The predicted octanol–water partition coefficient (Wildman–Crippen LogP) is 2.31. The molecule has 14 heavy (non-hydrogen) atoms. The molecule has 2 nitrogen and oxygen atoms in total. The Morgan fingerprint density at radius 3 is 2.21 bits per heavy atom. The Labute approximate surface area is 85.3 Å². The van der Waals surface area contributed by atoms with Gasteiger partial charge in [0.2, 0.25) is 5.91 Å². The fourth-order valence-electron chi connectivity index (χ4n) is 1.30. The molecule has 76 valence electrons. The van der Waals surface area contributed by atoms with Gasteiger partial charge in [0, 0.05) is 6.04 Å². The number of benzene rings is 1. The molecule has 0 aromatic heterocycles. The molecule has 1 amide bonds. The summed E-state index contributed by atoms with van der Waals surface area (Å²) in [6, 6.07) is 10.0. The van der Waals surface area contributed by atoms with E-state index >= 15 is 0 Å². The van der Waals surface area contributed by atoms with E-state index < -0.39 is 0 Å². The van der Waals surface area contributed by atoms with Crippen LogP contribution in [0, 0.1) is 0 Å². The molecule has 0 heterocycles. The van der Waals surface area contributed by atoms with Crippen LogP contribution in [-0.2, 0) is 4.79 Å². The molecule has 1 rings (SSSR count). The quantitative estimate of drug-likeness (QED) is 0.780. The lowest BCUT2D eigenvalue weighted by Crippen LogP contribution is -2.33. The van der Waals surface area contributed by atoms with Crippen LogP contribution < -0.4 is 5.32 Å². The van der Waals surface area contributed by atoms with Crippen molar-refractivity contribution in [1.29, 1.82) is 0 Å². The normalized spacial score (nSPS) is 12.6. The molecule has 1 atom stereocenters. The predicted molar refractivity (Wildman–Crippen MR) is 58.1 cm³/mol. The first-order chi connectivity index (χ1) is 6.61. The minimum Gasteiger partial charge on any atom is -0.353 e. The van der Waals surface area contributed by atoms with Crippen LogP contribution in [0.1, 0.15) is 32.3 Å². The summed E-state index contributed by atoms with van der Waals surface area (Å²) in [7, 11) is 0. The zero-order valence-electron chi connectivity index (χ0n) is 8.95. The molecule has 1 aromatic carbocycles. The van der Waals surface area contributed by atoms with Crippen LogP contribution in [0.15, 0.2) is 30.3 Å². The van der Waals surface area contributed by atoms with Crippen molar-refractivity contribution < 1.29 is 4.79 Å². The van der Waals surface area contributed by atoms with Gasteiger partial charge in [-0.3, -0.25) is 4.79 Å². The van der Waals surface area contributed by atoms with E-state index in [1.54, 1.807) is 0 Å². The Morgan fingerprint density at radius 2 is 1.71 bits per heavy atom. The number of rotatable bonds is 3. The second-order valence-electron chi connectivity index (χ2n) is 3.80. The van der Waals surface area contributed by atoms with Gasteiger partial charge in [0.25, 0.3) is 0 Å². The zero-order chi connectivity index (χ0) is 10.6. The third-order valence-electron chi connectivity index (χ3n) is 2.12. The molecule has 0 saturated carbocycles. The van der Waals surface area contributed by atoms with E-state index in [4.69, 9.17) is 0 Å². The second kappa shape index (κ2) is 4.80. The topological polar surface area (TPSA) is 29.1 Å². The van der Waals surface area contributed by atoms with Crippen LogP contribution in [0.5, 0.6) is 0 Å². The maximum absolute atomic E-state index is 11.6. The Bertz CT molecular complexity index is 292. The largest absolute Gasteiger partial charge is 0.353 e. The molecule has 0 radical (unpaired) electrons. The summed E-state index contributed by atoms with van der Waals surface area (Å²) < 4.78 is 0. The Balaban J connectivity index is 2.66. The number of nitrogens with one attached hydrogen (secondary N) is 1. The standard InChI is InChI=1S/C12H17NO/c1-9(2)13-12(14)10(3)11-7-5-4-6-8-11/h4-10H,1-3H3,(H,13,14)/t10-/m1/s1. The molecule has 0 spiro atoms. The summed E-state index contributed by atoms with van der Waals surface area (Å²) in [6.07, 6.45) is 0. The van der Waals surface area contributed by atoms with Gasteiger partial charge in [-0.15, -0.1) is 0 Å². The minimum atomic E-state index is -0.0707. The fourth-order valence-corrected chi connectivity index (χ4v) is 1.30. The number of hydrogen-bond donors (Lipinski definition) is 1.